The van der Waals surface area contributed by atoms with E-state index in [1.165, 1.54) is 11.1 Å². The number of β-amino-alcohol motifs (C(OH)–C–C–N with tert-alkyl or cyclic N) is 1. The van der Waals surface area contributed by atoms with E-state index in [9.17, 15) is 23.1 Å². The number of aromatic nitrogens is 4. The number of carbonyl (C=O) groups excluding carboxylic acids is 1. The van der Waals surface area contributed by atoms with Crippen LogP contribution in [0.4, 0.5) is 23.9 Å². The molecule has 1 amide bonds. The first-order chi connectivity index (χ1) is 15.3. The Morgan fingerprint density at radius 2 is 1.94 bits per heavy atom. The third-order valence-corrected chi connectivity index (χ3v) is 5.78. The Kier molecular flexibility index (Phi) is 5.75. The van der Waals surface area contributed by atoms with Crippen molar-refractivity contribution >= 4 is 12.0 Å². The van der Waals surface area contributed by atoms with Gasteiger partial charge in [-0.1, -0.05) is 0 Å². The normalized spacial score (nSPS) is 23.6. The predicted octanol–water partition coefficient (Wildman–Crippen LogP) is 3.11. The summed E-state index contributed by atoms with van der Waals surface area (Å²) in [6.07, 6.45) is -1.95. The van der Waals surface area contributed by atoms with Crippen LogP contribution in [0.15, 0.2) is 18.5 Å². The number of nitrogens with zero attached hydrogens (tertiary/aromatic N) is 6. The molecule has 2 aromatic rings. The number of alkyl halides is 3. The van der Waals surface area contributed by atoms with Crippen molar-refractivity contribution in [1.82, 2.24) is 24.6 Å². The standard InChI is InChI=1S/C21H27F3N6O3/c1-12-16(31)11-29(12)18-26-15(7-17(27-18)21(22,23)24)13-8-25-30(9-13)14-5-6-28(10-14)19(32)33-20(2,3)4/h7-9,12,14,16,31H,5-6,10-11H2,1-4H3/t12-,14-,16+/m0/s1. The van der Waals surface area contributed by atoms with Crippen molar-refractivity contribution in [2.24, 2.45) is 0 Å². The number of amides is 1. The minimum atomic E-state index is -4.64. The van der Waals surface area contributed by atoms with E-state index in [-0.39, 0.29) is 30.3 Å². The summed E-state index contributed by atoms with van der Waals surface area (Å²) in [4.78, 5) is 23.4. The molecule has 12 heteroatoms. The zero-order valence-electron chi connectivity index (χ0n) is 18.9. The number of likely N-dealkylation sites (tertiary alicyclic amines) is 1. The SMILES string of the molecule is C[C@H]1[C@H](O)CN1c1nc(-c2cnn([C@H]3CCN(C(=O)OC(C)(C)C)C3)c2)cc(C(F)(F)F)n1. The van der Waals surface area contributed by atoms with Crippen LogP contribution in [0.3, 0.4) is 0 Å². The quantitative estimate of drug-likeness (QED) is 0.739. The fraction of sp³-hybridized carbons (Fsp3) is 0.619. The van der Waals surface area contributed by atoms with Gasteiger partial charge in [-0.15, -0.1) is 0 Å². The highest BCUT2D eigenvalue weighted by Crippen LogP contribution is 2.34. The van der Waals surface area contributed by atoms with Gasteiger partial charge in [0.1, 0.15) is 5.60 Å². The number of hydrogen-bond acceptors (Lipinski definition) is 7. The van der Waals surface area contributed by atoms with E-state index in [2.05, 4.69) is 15.1 Å². The lowest BCUT2D eigenvalue weighted by Crippen LogP contribution is -2.59. The average Bonchev–Trinajstić information content (AvgIpc) is 3.39. The molecule has 180 valence electrons. The van der Waals surface area contributed by atoms with Crippen LogP contribution in [0.1, 0.15) is 45.9 Å². The Balaban J connectivity index is 1.55. The molecule has 0 aromatic carbocycles. The minimum Gasteiger partial charge on any atom is -0.444 e. The Morgan fingerprint density at radius 1 is 1.21 bits per heavy atom. The van der Waals surface area contributed by atoms with Gasteiger partial charge in [0.15, 0.2) is 5.69 Å². The summed E-state index contributed by atoms with van der Waals surface area (Å²) < 4.78 is 47.5. The van der Waals surface area contributed by atoms with Crippen LogP contribution in [0.2, 0.25) is 0 Å². The van der Waals surface area contributed by atoms with Crippen LogP contribution >= 0.6 is 0 Å². The second-order valence-electron chi connectivity index (χ2n) is 9.47. The van der Waals surface area contributed by atoms with Gasteiger partial charge in [0, 0.05) is 31.4 Å². The smallest absolute Gasteiger partial charge is 0.433 e. The van der Waals surface area contributed by atoms with Gasteiger partial charge in [-0.2, -0.15) is 18.3 Å². The molecule has 3 atom stereocenters. The second-order valence-corrected chi connectivity index (χ2v) is 9.47. The molecule has 0 aliphatic carbocycles. The first-order valence-electron chi connectivity index (χ1n) is 10.8. The second kappa shape index (κ2) is 8.15. The van der Waals surface area contributed by atoms with Crippen molar-refractivity contribution in [1.29, 1.82) is 0 Å². The Hall–Kier alpha value is -2.89. The first kappa shape index (κ1) is 23.3. The van der Waals surface area contributed by atoms with Gasteiger partial charge in [0.05, 0.1) is 30.1 Å². The number of aliphatic hydroxyl groups excluding tert-OH is 1. The largest absolute Gasteiger partial charge is 0.444 e. The molecular formula is C21H27F3N6O3. The fourth-order valence-corrected chi connectivity index (χ4v) is 3.83. The number of rotatable bonds is 3. The van der Waals surface area contributed by atoms with Crippen LogP contribution in [0, 0.1) is 0 Å². The lowest BCUT2D eigenvalue weighted by atomic mass is 10.0. The monoisotopic (exact) mass is 468 g/mol. The van der Waals surface area contributed by atoms with Crippen molar-refractivity contribution in [3.63, 3.8) is 0 Å². The summed E-state index contributed by atoms with van der Waals surface area (Å²) in [6.45, 7) is 8.15. The third-order valence-electron chi connectivity index (χ3n) is 5.78. The van der Waals surface area contributed by atoms with E-state index in [1.807, 2.05) is 0 Å². The molecule has 2 aliphatic rings. The van der Waals surface area contributed by atoms with Gasteiger partial charge in [0.2, 0.25) is 5.95 Å². The molecule has 0 spiro atoms. The van der Waals surface area contributed by atoms with Crippen molar-refractivity contribution in [3.05, 3.63) is 24.2 Å². The van der Waals surface area contributed by atoms with E-state index >= 15 is 0 Å². The van der Waals surface area contributed by atoms with Crippen molar-refractivity contribution in [2.45, 2.75) is 64.1 Å². The van der Waals surface area contributed by atoms with Gasteiger partial charge >= 0.3 is 12.3 Å². The molecule has 0 radical (unpaired) electrons. The molecule has 2 aliphatic heterocycles. The zero-order valence-corrected chi connectivity index (χ0v) is 18.9. The fourth-order valence-electron chi connectivity index (χ4n) is 3.83. The van der Waals surface area contributed by atoms with Gasteiger partial charge < -0.3 is 19.6 Å². The zero-order chi connectivity index (χ0) is 24.1. The molecule has 0 saturated carbocycles. The van der Waals surface area contributed by atoms with Crippen molar-refractivity contribution in [2.75, 3.05) is 24.5 Å². The number of hydrogen-bond donors (Lipinski definition) is 1. The average molecular weight is 468 g/mol. The highest BCUT2D eigenvalue weighted by atomic mass is 19.4. The molecule has 0 bridgehead atoms. The maximum atomic E-state index is 13.5. The maximum absolute atomic E-state index is 13.5. The first-order valence-corrected chi connectivity index (χ1v) is 10.8. The Bertz CT molecular complexity index is 1030. The number of aliphatic hydroxyl groups is 1. The summed E-state index contributed by atoms with van der Waals surface area (Å²) in [6, 6.07) is 0.398. The van der Waals surface area contributed by atoms with Gasteiger partial charge in [-0.25, -0.2) is 14.8 Å². The lowest BCUT2D eigenvalue weighted by molar-refractivity contribution is -0.141. The molecule has 2 aromatic heterocycles. The van der Waals surface area contributed by atoms with E-state index in [0.29, 0.717) is 25.1 Å². The molecular weight excluding hydrogens is 441 g/mol. The molecule has 9 nitrogen and oxygen atoms in total. The van der Waals surface area contributed by atoms with Crippen molar-refractivity contribution in [3.8, 4) is 11.3 Å². The highest BCUT2D eigenvalue weighted by Gasteiger charge is 2.39. The van der Waals surface area contributed by atoms with Gasteiger partial charge in [0.25, 0.3) is 0 Å². The summed E-state index contributed by atoms with van der Waals surface area (Å²) >= 11 is 0. The number of carbonyl (C=O) groups is 1. The number of ether oxygens (including phenoxy) is 1. The predicted molar refractivity (Wildman–Crippen MR) is 113 cm³/mol. The highest BCUT2D eigenvalue weighted by molar-refractivity contribution is 5.68. The molecule has 1 N–H and O–H groups in total. The minimum absolute atomic E-state index is 0.0812. The number of anilines is 1. The van der Waals surface area contributed by atoms with Gasteiger partial charge in [-0.3, -0.25) is 4.68 Å². The summed E-state index contributed by atoms with van der Waals surface area (Å²) in [7, 11) is 0. The Morgan fingerprint density at radius 3 is 2.55 bits per heavy atom. The van der Waals surface area contributed by atoms with E-state index in [0.717, 1.165) is 6.07 Å². The Labute approximate surface area is 189 Å². The third kappa shape index (κ3) is 4.90. The molecule has 4 heterocycles. The van der Waals surface area contributed by atoms with Crippen LogP contribution in [0.5, 0.6) is 0 Å². The molecule has 4 rings (SSSR count). The van der Waals surface area contributed by atoms with E-state index in [4.69, 9.17) is 4.74 Å². The molecule has 33 heavy (non-hydrogen) atoms. The number of halogens is 3. The lowest BCUT2D eigenvalue weighted by Gasteiger charge is -2.43. The maximum Gasteiger partial charge on any atom is 0.433 e. The van der Waals surface area contributed by atoms with E-state index in [1.54, 1.807) is 43.5 Å². The van der Waals surface area contributed by atoms with E-state index < -0.39 is 29.7 Å². The molecule has 2 saturated heterocycles. The van der Waals surface area contributed by atoms with Crippen molar-refractivity contribution < 1.29 is 27.8 Å². The van der Waals surface area contributed by atoms with Crippen LogP contribution in [-0.4, -0.2) is 73.2 Å². The molecule has 2 fully saturated rings. The molecule has 0 unspecified atom stereocenters. The summed E-state index contributed by atoms with van der Waals surface area (Å²) in [5.74, 6) is -0.0812. The summed E-state index contributed by atoms with van der Waals surface area (Å²) in [5, 5.41) is 14.1. The van der Waals surface area contributed by atoms with Crippen LogP contribution < -0.4 is 4.90 Å². The topological polar surface area (TPSA) is 96.6 Å². The van der Waals surface area contributed by atoms with Crippen LogP contribution in [0.25, 0.3) is 11.3 Å². The van der Waals surface area contributed by atoms with Gasteiger partial charge in [-0.05, 0) is 40.2 Å². The van der Waals surface area contributed by atoms with Crippen LogP contribution in [-0.2, 0) is 10.9 Å². The summed E-state index contributed by atoms with van der Waals surface area (Å²) in [5.41, 5.74) is -1.15.